The molecule has 0 unspecified atom stereocenters. The molecule has 5 heteroatoms. The van der Waals surface area contributed by atoms with Crippen molar-refractivity contribution >= 4 is 12.6 Å². The van der Waals surface area contributed by atoms with Crippen LogP contribution in [0.3, 0.4) is 0 Å². The van der Waals surface area contributed by atoms with Gasteiger partial charge in [0, 0.05) is 24.7 Å². The van der Waals surface area contributed by atoms with Crippen LogP contribution in [0.4, 0.5) is 0 Å². The van der Waals surface area contributed by atoms with Crippen molar-refractivity contribution in [3.63, 3.8) is 0 Å². The number of carbonyl (C=O) groups is 2. The van der Waals surface area contributed by atoms with Crippen molar-refractivity contribution < 1.29 is 9.59 Å². The maximum atomic E-state index is 11.2. The molecule has 3 rings (SSSR count). The van der Waals surface area contributed by atoms with Gasteiger partial charge in [-0.1, -0.05) is 0 Å². The van der Waals surface area contributed by atoms with Crippen molar-refractivity contribution in [2.75, 3.05) is 0 Å². The summed E-state index contributed by atoms with van der Waals surface area (Å²) in [5, 5.41) is 0. The predicted octanol–water partition coefficient (Wildman–Crippen LogP) is 1.76. The van der Waals surface area contributed by atoms with Crippen LogP contribution < -0.4 is 0 Å². The Bertz CT molecular complexity index is 615. The second-order valence-electron chi connectivity index (χ2n) is 4.53. The molecular formula is C13H13N3O2. The number of imidazole rings is 1. The van der Waals surface area contributed by atoms with E-state index in [0.717, 1.165) is 43.5 Å². The van der Waals surface area contributed by atoms with Gasteiger partial charge in [-0.3, -0.25) is 9.59 Å². The number of carbonyl (C=O) groups excluding carboxylic acids is 2. The molecule has 2 aromatic rings. The highest BCUT2D eigenvalue weighted by Gasteiger charge is 2.20. The molecule has 18 heavy (non-hydrogen) atoms. The van der Waals surface area contributed by atoms with Crippen LogP contribution in [0.25, 0.3) is 11.4 Å². The average molecular weight is 243 g/mol. The number of aldehydes is 2. The Kier molecular flexibility index (Phi) is 2.40. The molecule has 1 aliphatic heterocycles. The quantitative estimate of drug-likeness (QED) is 0.835. The molecule has 0 radical (unpaired) electrons. The topological polar surface area (TPSA) is 67.8 Å². The van der Waals surface area contributed by atoms with E-state index in [-0.39, 0.29) is 0 Å². The highest BCUT2D eigenvalue weighted by atomic mass is 16.1. The summed E-state index contributed by atoms with van der Waals surface area (Å²) in [5.41, 5.74) is 3.03. The first-order valence-electron chi connectivity index (χ1n) is 5.94. The Balaban J connectivity index is 2.15. The van der Waals surface area contributed by atoms with Gasteiger partial charge >= 0.3 is 0 Å². The third-order valence-electron chi connectivity index (χ3n) is 3.49. The van der Waals surface area contributed by atoms with Crippen molar-refractivity contribution in [2.45, 2.75) is 26.3 Å². The van der Waals surface area contributed by atoms with Crippen LogP contribution in [0.15, 0.2) is 6.20 Å². The number of hydrogen-bond donors (Lipinski definition) is 1. The second kappa shape index (κ2) is 3.94. The highest BCUT2D eigenvalue weighted by molar-refractivity contribution is 5.92. The van der Waals surface area contributed by atoms with Gasteiger partial charge in [-0.05, 0) is 18.9 Å². The summed E-state index contributed by atoms with van der Waals surface area (Å²) >= 11 is 0. The maximum absolute atomic E-state index is 11.2. The third kappa shape index (κ3) is 1.44. The number of aromatic amines is 1. The summed E-state index contributed by atoms with van der Waals surface area (Å²) in [4.78, 5) is 29.6. The Morgan fingerprint density at radius 1 is 1.39 bits per heavy atom. The summed E-state index contributed by atoms with van der Waals surface area (Å²) in [6, 6.07) is 0. The Hall–Kier alpha value is -2.17. The van der Waals surface area contributed by atoms with E-state index in [4.69, 9.17) is 0 Å². The molecule has 0 amide bonds. The average Bonchev–Trinajstić information content (AvgIpc) is 3.00. The van der Waals surface area contributed by atoms with Gasteiger partial charge < -0.3 is 9.55 Å². The third-order valence-corrected chi connectivity index (χ3v) is 3.49. The predicted molar refractivity (Wildman–Crippen MR) is 65.8 cm³/mol. The normalized spacial score (nSPS) is 13.6. The van der Waals surface area contributed by atoms with Crippen molar-refractivity contribution in [2.24, 2.45) is 0 Å². The van der Waals surface area contributed by atoms with Gasteiger partial charge in [-0.2, -0.15) is 0 Å². The molecule has 0 atom stereocenters. The summed E-state index contributed by atoms with van der Waals surface area (Å²) in [6.07, 6.45) is 5.53. The minimum atomic E-state index is 0.445. The van der Waals surface area contributed by atoms with Crippen molar-refractivity contribution in [1.29, 1.82) is 0 Å². The minimum absolute atomic E-state index is 0.445. The Morgan fingerprint density at radius 3 is 2.89 bits per heavy atom. The SMILES string of the molecule is Cc1c(C=O)[nH]c(-c2cn3c(n2)CCC3)c1C=O. The van der Waals surface area contributed by atoms with Crippen LogP contribution in [-0.4, -0.2) is 27.1 Å². The summed E-state index contributed by atoms with van der Waals surface area (Å²) in [7, 11) is 0. The zero-order valence-corrected chi connectivity index (χ0v) is 10.1. The molecule has 3 heterocycles. The monoisotopic (exact) mass is 243 g/mol. The molecule has 0 saturated heterocycles. The van der Waals surface area contributed by atoms with Gasteiger partial charge in [0.25, 0.3) is 0 Å². The number of fused-ring (bicyclic) bond motifs is 1. The van der Waals surface area contributed by atoms with Gasteiger partial charge in [-0.15, -0.1) is 0 Å². The number of aryl methyl sites for hydroxylation is 2. The van der Waals surface area contributed by atoms with Crippen LogP contribution in [0.1, 0.15) is 38.7 Å². The zero-order chi connectivity index (χ0) is 12.7. The van der Waals surface area contributed by atoms with Gasteiger partial charge in [0.15, 0.2) is 12.6 Å². The van der Waals surface area contributed by atoms with E-state index < -0.39 is 0 Å². The number of nitrogens with one attached hydrogen (secondary N) is 1. The van der Waals surface area contributed by atoms with E-state index in [1.54, 1.807) is 6.92 Å². The minimum Gasteiger partial charge on any atom is -0.350 e. The first-order chi connectivity index (χ1) is 8.74. The standard InChI is InChI=1S/C13H13N3O2/c1-8-9(6-17)13(15-11(8)7-18)10-5-16-4-2-3-12(16)14-10/h5-7,15H,2-4H2,1H3. The molecule has 5 nitrogen and oxygen atoms in total. The zero-order valence-electron chi connectivity index (χ0n) is 10.1. The first kappa shape index (κ1) is 11.0. The fourth-order valence-corrected chi connectivity index (χ4v) is 2.47. The summed E-state index contributed by atoms with van der Waals surface area (Å²) in [5.74, 6) is 1.04. The van der Waals surface area contributed by atoms with E-state index >= 15 is 0 Å². The van der Waals surface area contributed by atoms with Gasteiger partial charge in [0.05, 0.1) is 11.4 Å². The van der Waals surface area contributed by atoms with E-state index in [9.17, 15) is 9.59 Å². The molecule has 92 valence electrons. The summed E-state index contributed by atoms with van der Waals surface area (Å²) in [6.45, 7) is 2.73. The number of hydrogen-bond acceptors (Lipinski definition) is 3. The lowest BCUT2D eigenvalue weighted by molar-refractivity contribution is 0.111. The van der Waals surface area contributed by atoms with Crippen molar-refractivity contribution in [3.05, 3.63) is 28.8 Å². The highest BCUT2D eigenvalue weighted by Crippen LogP contribution is 2.27. The number of rotatable bonds is 3. The smallest absolute Gasteiger partial charge is 0.166 e. The van der Waals surface area contributed by atoms with Crippen molar-refractivity contribution in [3.8, 4) is 11.4 Å². The lowest BCUT2D eigenvalue weighted by Gasteiger charge is -1.95. The van der Waals surface area contributed by atoms with E-state index in [1.807, 2.05) is 6.20 Å². The lowest BCUT2D eigenvalue weighted by Crippen LogP contribution is -1.88. The molecule has 1 aliphatic rings. The molecule has 1 N–H and O–H groups in total. The van der Waals surface area contributed by atoms with Crippen LogP contribution >= 0.6 is 0 Å². The Morgan fingerprint density at radius 2 is 2.22 bits per heavy atom. The van der Waals surface area contributed by atoms with Gasteiger partial charge in [-0.25, -0.2) is 4.98 Å². The van der Waals surface area contributed by atoms with Gasteiger partial charge in [0.2, 0.25) is 0 Å². The van der Waals surface area contributed by atoms with Crippen LogP contribution in [-0.2, 0) is 13.0 Å². The molecule has 2 aromatic heterocycles. The molecule has 0 aliphatic carbocycles. The molecule has 0 spiro atoms. The molecule has 0 bridgehead atoms. The lowest BCUT2D eigenvalue weighted by atomic mass is 10.1. The first-order valence-corrected chi connectivity index (χ1v) is 5.94. The maximum Gasteiger partial charge on any atom is 0.166 e. The second-order valence-corrected chi connectivity index (χ2v) is 4.53. The van der Waals surface area contributed by atoms with E-state index in [1.165, 1.54) is 0 Å². The van der Waals surface area contributed by atoms with E-state index in [0.29, 0.717) is 22.5 Å². The number of aromatic nitrogens is 3. The Labute approximate surface area is 104 Å². The van der Waals surface area contributed by atoms with Crippen molar-refractivity contribution in [1.82, 2.24) is 14.5 Å². The molecule has 0 fully saturated rings. The van der Waals surface area contributed by atoms with Crippen LogP contribution in [0.5, 0.6) is 0 Å². The molecule has 0 saturated carbocycles. The molecule has 0 aromatic carbocycles. The number of nitrogens with zero attached hydrogens (tertiary/aromatic N) is 2. The van der Waals surface area contributed by atoms with E-state index in [2.05, 4.69) is 14.5 Å². The number of H-pyrrole nitrogens is 1. The summed E-state index contributed by atoms with van der Waals surface area (Å²) < 4.78 is 2.10. The van der Waals surface area contributed by atoms with Crippen LogP contribution in [0, 0.1) is 6.92 Å². The molecular weight excluding hydrogens is 230 g/mol. The largest absolute Gasteiger partial charge is 0.350 e. The van der Waals surface area contributed by atoms with Crippen LogP contribution in [0.2, 0.25) is 0 Å². The fourth-order valence-electron chi connectivity index (χ4n) is 2.47. The van der Waals surface area contributed by atoms with Gasteiger partial charge in [0.1, 0.15) is 11.5 Å². The fraction of sp³-hybridized carbons (Fsp3) is 0.308.